The first-order valence-corrected chi connectivity index (χ1v) is 6.77. The van der Waals surface area contributed by atoms with Gasteiger partial charge >= 0.3 is 0 Å². The summed E-state index contributed by atoms with van der Waals surface area (Å²) in [6.07, 6.45) is 4.40. The Morgan fingerprint density at radius 2 is 2.00 bits per heavy atom. The number of aliphatic hydroxyl groups excluding tert-OH is 1. The van der Waals surface area contributed by atoms with Crippen molar-refractivity contribution >= 4 is 5.69 Å². The SMILES string of the molecule is CCC(O)c1ccc(N2CCCCC2C)cc1. The molecule has 1 N–H and O–H groups in total. The Balaban J connectivity index is 2.11. The van der Waals surface area contributed by atoms with E-state index < -0.39 is 0 Å². The summed E-state index contributed by atoms with van der Waals surface area (Å²) in [7, 11) is 0. The number of rotatable bonds is 3. The first-order valence-electron chi connectivity index (χ1n) is 6.77. The average molecular weight is 233 g/mol. The van der Waals surface area contributed by atoms with Crippen LogP contribution in [0.1, 0.15) is 51.2 Å². The van der Waals surface area contributed by atoms with Crippen LogP contribution in [-0.2, 0) is 0 Å². The highest BCUT2D eigenvalue weighted by Gasteiger charge is 2.18. The summed E-state index contributed by atoms with van der Waals surface area (Å²) < 4.78 is 0. The molecule has 0 saturated carbocycles. The second kappa shape index (κ2) is 5.54. The molecule has 2 rings (SSSR count). The van der Waals surface area contributed by atoms with Gasteiger partial charge in [-0.05, 0) is 50.3 Å². The van der Waals surface area contributed by atoms with E-state index in [1.54, 1.807) is 0 Å². The lowest BCUT2D eigenvalue weighted by molar-refractivity contribution is 0.173. The van der Waals surface area contributed by atoms with Crippen LogP contribution in [0.4, 0.5) is 5.69 Å². The summed E-state index contributed by atoms with van der Waals surface area (Å²) in [6.45, 7) is 5.47. The predicted octanol–water partition coefficient (Wildman–Crippen LogP) is 3.51. The summed E-state index contributed by atoms with van der Waals surface area (Å²) in [4.78, 5) is 2.48. The molecule has 2 nitrogen and oxygen atoms in total. The molecule has 1 heterocycles. The van der Waals surface area contributed by atoms with Gasteiger partial charge in [-0.2, -0.15) is 0 Å². The molecule has 94 valence electrons. The van der Waals surface area contributed by atoms with Crippen LogP contribution in [0.5, 0.6) is 0 Å². The van der Waals surface area contributed by atoms with Crippen LogP contribution in [0.15, 0.2) is 24.3 Å². The third-order valence-corrected chi connectivity index (χ3v) is 3.80. The molecule has 0 amide bonds. The Hall–Kier alpha value is -1.02. The topological polar surface area (TPSA) is 23.5 Å². The van der Waals surface area contributed by atoms with Gasteiger partial charge in [-0.15, -0.1) is 0 Å². The summed E-state index contributed by atoms with van der Waals surface area (Å²) in [6, 6.07) is 9.06. The third kappa shape index (κ3) is 2.81. The maximum atomic E-state index is 9.77. The van der Waals surface area contributed by atoms with Crippen molar-refractivity contribution in [2.24, 2.45) is 0 Å². The largest absolute Gasteiger partial charge is 0.388 e. The lowest BCUT2D eigenvalue weighted by Crippen LogP contribution is -2.37. The van der Waals surface area contributed by atoms with Gasteiger partial charge in [-0.3, -0.25) is 0 Å². The smallest absolute Gasteiger partial charge is 0.0787 e. The number of piperidine rings is 1. The first-order chi connectivity index (χ1) is 8.22. The Kier molecular flexibility index (Phi) is 4.06. The van der Waals surface area contributed by atoms with Gasteiger partial charge in [0.25, 0.3) is 0 Å². The zero-order valence-corrected chi connectivity index (χ0v) is 10.9. The van der Waals surface area contributed by atoms with Crippen molar-refractivity contribution in [2.45, 2.75) is 51.7 Å². The minimum absolute atomic E-state index is 0.317. The van der Waals surface area contributed by atoms with Crippen molar-refractivity contribution in [3.05, 3.63) is 29.8 Å². The normalized spacial score (nSPS) is 22.5. The summed E-state index contributed by atoms with van der Waals surface area (Å²) >= 11 is 0. The van der Waals surface area contributed by atoms with Crippen molar-refractivity contribution in [3.8, 4) is 0 Å². The van der Waals surface area contributed by atoms with Gasteiger partial charge in [0.1, 0.15) is 0 Å². The highest BCUT2D eigenvalue weighted by Crippen LogP contribution is 2.26. The zero-order valence-electron chi connectivity index (χ0n) is 10.9. The van der Waals surface area contributed by atoms with Crippen molar-refractivity contribution in [1.82, 2.24) is 0 Å². The van der Waals surface area contributed by atoms with E-state index in [0.717, 1.165) is 18.5 Å². The minimum Gasteiger partial charge on any atom is -0.388 e. The molecule has 0 aliphatic carbocycles. The molecule has 0 bridgehead atoms. The van der Waals surface area contributed by atoms with Crippen LogP contribution < -0.4 is 4.90 Å². The lowest BCUT2D eigenvalue weighted by atomic mass is 10.0. The van der Waals surface area contributed by atoms with E-state index in [2.05, 4.69) is 36.1 Å². The molecule has 1 saturated heterocycles. The number of hydrogen-bond donors (Lipinski definition) is 1. The fourth-order valence-corrected chi connectivity index (χ4v) is 2.61. The Morgan fingerprint density at radius 3 is 2.59 bits per heavy atom. The van der Waals surface area contributed by atoms with Crippen molar-refractivity contribution < 1.29 is 5.11 Å². The molecule has 0 spiro atoms. The van der Waals surface area contributed by atoms with Crippen LogP contribution >= 0.6 is 0 Å². The number of benzene rings is 1. The summed E-state index contributed by atoms with van der Waals surface area (Å²) in [5.41, 5.74) is 2.32. The van der Waals surface area contributed by atoms with Gasteiger partial charge in [0.2, 0.25) is 0 Å². The minimum atomic E-state index is -0.317. The van der Waals surface area contributed by atoms with Crippen LogP contribution in [0, 0.1) is 0 Å². The van der Waals surface area contributed by atoms with Gasteiger partial charge in [0.05, 0.1) is 6.10 Å². The number of aliphatic hydroxyl groups is 1. The van der Waals surface area contributed by atoms with Crippen molar-refractivity contribution in [1.29, 1.82) is 0 Å². The quantitative estimate of drug-likeness (QED) is 0.863. The Bertz CT molecular complexity index is 346. The highest BCUT2D eigenvalue weighted by atomic mass is 16.3. The van der Waals surface area contributed by atoms with E-state index >= 15 is 0 Å². The molecule has 1 aromatic rings. The van der Waals surface area contributed by atoms with E-state index in [9.17, 15) is 5.11 Å². The van der Waals surface area contributed by atoms with Crippen LogP contribution in [0.25, 0.3) is 0 Å². The molecule has 2 atom stereocenters. The molecule has 1 fully saturated rings. The van der Waals surface area contributed by atoms with Gasteiger partial charge in [0.15, 0.2) is 0 Å². The fourth-order valence-electron chi connectivity index (χ4n) is 2.61. The molecular formula is C15H23NO. The van der Waals surface area contributed by atoms with E-state index in [0.29, 0.717) is 6.04 Å². The summed E-state index contributed by atoms with van der Waals surface area (Å²) in [5, 5.41) is 9.77. The van der Waals surface area contributed by atoms with E-state index in [1.165, 1.54) is 24.9 Å². The van der Waals surface area contributed by atoms with Gasteiger partial charge < -0.3 is 10.0 Å². The summed E-state index contributed by atoms with van der Waals surface area (Å²) in [5.74, 6) is 0. The lowest BCUT2D eigenvalue weighted by Gasteiger charge is -2.35. The Morgan fingerprint density at radius 1 is 1.29 bits per heavy atom. The Labute approximate surface area is 104 Å². The molecule has 2 heteroatoms. The average Bonchev–Trinajstić information content (AvgIpc) is 2.39. The molecule has 1 aliphatic rings. The maximum Gasteiger partial charge on any atom is 0.0787 e. The standard InChI is InChI=1S/C15H23NO/c1-3-15(17)13-7-9-14(10-8-13)16-11-5-4-6-12(16)2/h7-10,12,15,17H,3-6,11H2,1-2H3. The zero-order chi connectivity index (χ0) is 12.3. The number of hydrogen-bond acceptors (Lipinski definition) is 2. The second-order valence-electron chi connectivity index (χ2n) is 5.05. The highest BCUT2D eigenvalue weighted by molar-refractivity contribution is 5.49. The van der Waals surface area contributed by atoms with Gasteiger partial charge in [-0.1, -0.05) is 19.1 Å². The molecule has 1 aromatic carbocycles. The molecule has 0 aromatic heterocycles. The first kappa shape index (κ1) is 12.4. The van der Waals surface area contributed by atoms with Gasteiger partial charge in [-0.25, -0.2) is 0 Å². The van der Waals surface area contributed by atoms with Crippen LogP contribution in [-0.4, -0.2) is 17.7 Å². The number of anilines is 1. The van der Waals surface area contributed by atoms with Gasteiger partial charge in [0, 0.05) is 18.3 Å². The van der Waals surface area contributed by atoms with E-state index in [4.69, 9.17) is 0 Å². The molecular weight excluding hydrogens is 210 g/mol. The van der Waals surface area contributed by atoms with Crippen LogP contribution in [0.3, 0.4) is 0 Å². The molecule has 17 heavy (non-hydrogen) atoms. The number of nitrogens with zero attached hydrogens (tertiary/aromatic N) is 1. The third-order valence-electron chi connectivity index (χ3n) is 3.80. The maximum absolute atomic E-state index is 9.77. The van der Waals surface area contributed by atoms with Crippen molar-refractivity contribution in [3.63, 3.8) is 0 Å². The van der Waals surface area contributed by atoms with Crippen LogP contribution in [0.2, 0.25) is 0 Å². The monoisotopic (exact) mass is 233 g/mol. The fraction of sp³-hybridized carbons (Fsp3) is 0.600. The van der Waals surface area contributed by atoms with E-state index in [-0.39, 0.29) is 6.10 Å². The van der Waals surface area contributed by atoms with Crippen molar-refractivity contribution in [2.75, 3.05) is 11.4 Å². The second-order valence-corrected chi connectivity index (χ2v) is 5.05. The molecule has 1 aliphatic heterocycles. The molecule has 0 radical (unpaired) electrons. The predicted molar refractivity (Wildman–Crippen MR) is 72.4 cm³/mol. The van der Waals surface area contributed by atoms with E-state index in [1.807, 2.05) is 6.92 Å². The molecule has 2 unspecified atom stereocenters.